The van der Waals surface area contributed by atoms with Crippen molar-refractivity contribution < 1.29 is 56.1 Å². The molecule has 2 aliphatic heterocycles. The number of aliphatic carboxylic acids is 1. The zero-order valence-electron chi connectivity index (χ0n) is 24.9. The Labute approximate surface area is 289 Å². The number of nitrogens with zero attached hydrogens (tertiary/aromatic N) is 2. The van der Waals surface area contributed by atoms with Crippen LogP contribution in [0.25, 0.3) is 0 Å². The van der Waals surface area contributed by atoms with Crippen molar-refractivity contribution in [3.63, 3.8) is 0 Å². The number of fused-ring (bicyclic) bond motifs is 4. The number of carbonyl (C=O) groups excluding carboxylic acids is 4. The van der Waals surface area contributed by atoms with Crippen molar-refractivity contribution in [1.29, 1.82) is 0 Å². The highest BCUT2D eigenvalue weighted by molar-refractivity contribution is 6.58. The van der Waals surface area contributed by atoms with E-state index in [2.05, 4.69) is 0 Å². The fourth-order valence-electron chi connectivity index (χ4n) is 7.67. The summed E-state index contributed by atoms with van der Waals surface area (Å²) in [7, 11) is 0. The number of phenolic OH excluding ortho intramolecular Hbond substituents is 1. The van der Waals surface area contributed by atoms with Crippen molar-refractivity contribution in [2.24, 2.45) is 17.8 Å². The van der Waals surface area contributed by atoms with Gasteiger partial charge in [-0.3, -0.25) is 28.9 Å². The summed E-state index contributed by atoms with van der Waals surface area (Å²) >= 11 is 20.6. The number of amides is 4. The summed E-state index contributed by atoms with van der Waals surface area (Å²) < 4.78 is 72.9. The van der Waals surface area contributed by atoms with Crippen LogP contribution in [0.3, 0.4) is 0 Å². The van der Waals surface area contributed by atoms with Crippen LogP contribution in [0, 0.1) is 46.8 Å². The van der Waals surface area contributed by atoms with Gasteiger partial charge in [-0.15, -0.1) is 23.2 Å². The summed E-state index contributed by atoms with van der Waals surface area (Å²) in [5.74, 6) is -23.0. The molecule has 6 atom stereocenters. The highest BCUT2D eigenvalue weighted by Gasteiger charge is 2.77. The molecule has 2 N–H and O–H groups in total. The topological polar surface area (TPSA) is 132 Å². The molecule has 6 rings (SSSR count). The van der Waals surface area contributed by atoms with Gasteiger partial charge in [0.15, 0.2) is 33.0 Å². The second-order valence-electron chi connectivity index (χ2n) is 12.4. The number of halogens is 8. The van der Waals surface area contributed by atoms with Crippen LogP contribution in [0.15, 0.2) is 29.8 Å². The van der Waals surface area contributed by atoms with E-state index in [4.69, 9.17) is 39.9 Å². The fraction of sp³-hybridized carbons (Fsp3) is 0.406. The normalized spacial score (nSPS) is 29.3. The Morgan fingerprint density at radius 3 is 2.12 bits per heavy atom. The predicted octanol–water partition coefficient (Wildman–Crippen LogP) is 5.95. The number of imide groups is 2. The molecule has 9 nitrogen and oxygen atoms in total. The number of hydrogen-bond acceptors (Lipinski definition) is 6. The molecule has 1 saturated carbocycles. The summed E-state index contributed by atoms with van der Waals surface area (Å²) in [6.45, 7) is -0.0313. The number of rotatable bonds is 8. The smallest absolute Gasteiger partial charge is 0.303 e. The molecule has 0 spiro atoms. The summed E-state index contributed by atoms with van der Waals surface area (Å²) in [5.41, 5.74) is -1.71. The number of hydrogen-bond donors (Lipinski definition) is 2. The molecule has 49 heavy (non-hydrogen) atoms. The van der Waals surface area contributed by atoms with E-state index in [1.807, 2.05) is 0 Å². The molecule has 0 aromatic heterocycles. The van der Waals surface area contributed by atoms with Gasteiger partial charge in [0.1, 0.15) is 11.4 Å². The monoisotopic (exact) mass is 748 g/mol. The highest BCUT2D eigenvalue weighted by Crippen LogP contribution is 2.66. The van der Waals surface area contributed by atoms with Gasteiger partial charge in [-0.25, -0.2) is 26.9 Å². The van der Waals surface area contributed by atoms with Crippen molar-refractivity contribution in [3.05, 3.63) is 69.5 Å². The Morgan fingerprint density at radius 2 is 1.51 bits per heavy atom. The quantitative estimate of drug-likeness (QED) is 0.0649. The van der Waals surface area contributed by atoms with Crippen LogP contribution < -0.4 is 4.90 Å². The maximum absolute atomic E-state index is 15.1. The first-order valence-electron chi connectivity index (χ1n) is 15.0. The van der Waals surface area contributed by atoms with Gasteiger partial charge in [-0.2, -0.15) is 0 Å². The average molecular weight is 750 g/mol. The third kappa shape index (κ3) is 4.96. The number of carbonyl (C=O) groups is 5. The van der Waals surface area contributed by atoms with Crippen molar-refractivity contribution >= 4 is 70.1 Å². The number of allylic oxidation sites excluding steroid dienone is 2. The van der Waals surface area contributed by atoms with E-state index in [0.717, 1.165) is 17.0 Å². The standard InChI is InChI=1S/C32H24Cl3F5N2O7/c33-17-10-12(43)5-6-14(17)20-13-7-8-15-19(28(47)41(27(15)46)9-3-1-2-4-18(44)45)16(13)11-31(34)29(48)42(30(49)32(20,31)35)26-24(39)22(37)21(36)23(38)25(26)40/h5-7,10,15-16,19-20,43H,1-4,8-9,11H2,(H,44,45)/t15-,16+,19-,20+,31+,32-/m0/s1. The molecule has 3 fully saturated rings. The first-order chi connectivity index (χ1) is 23.0. The molecule has 0 unspecified atom stereocenters. The lowest BCUT2D eigenvalue weighted by molar-refractivity contribution is -0.141. The molecule has 2 aromatic carbocycles. The maximum Gasteiger partial charge on any atom is 0.303 e. The minimum atomic E-state index is -2.74. The van der Waals surface area contributed by atoms with Crippen molar-refractivity contribution in [2.45, 2.75) is 54.2 Å². The zero-order chi connectivity index (χ0) is 35.9. The molecule has 4 amide bonds. The number of carboxylic acid groups (broad SMARTS) is 1. The lowest BCUT2D eigenvalue weighted by Crippen LogP contribution is -2.60. The van der Waals surface area contributed by atoms with E-state index < -0.39 is 104 Å². The van der Waals surface area contributed by atoms with Gasteiger partial charge < -0.3 is 10.2 Å². The molecular formula is C32H24Cl3F5N2O7. The predicted molar refractivity (Wildman–Crippen MR) is 162 cm³/mol. The van der Waals surface area contributed by atoms with Gasteiger partial charge in [0.2, 0.25) is 17.6 Å². The average Bonchev–Trinajstić information content (AvgIpc) is 3.37. The molecular weight excluding hydrogens is 726 g/mol. The van der Waals surface area contributed by atoms with Crippen LogP contribution in [-0.2, 0) is 24.0 Å². The molecule has 0 radical (unpaired) electrons. The third-order valence-electron chi connectivity index (χ3n) is 9.88. The number of benzene rings is 2. The third-order valence-corrected chi connectivity index (χ3v) is 11.6. The van der Waals surface area contributed by atoms with Crippen molar-refractivity contribution in [2.75, 3.05) is 11.4 Å². The van der Waals surface area contributed by atoms with E-state index in [0.29, 0.717) is 19.3 Å². The molecule has 2 heterocycles. The van der Waals surface area contributed by atoms with Gasteiger partial charge in [-0.05, 0) is 49.3 Å². The van der Waals surface area contributed by atoms with Crippen molar-refractivity contribution in [3.8, 4) is 5.75 Å². The van der Waals surface area contributed by atoms with Gasteiger partial charge in [0, 0.05) is 23.9 Å². The first-order valence-corrected chi connectivity index (χ1v) is 16.2. The number of alkyl halides is 2. The number of unbranched alkanes of at least 4 members (excludes halogenated alkanes) is 2. The minimum Gasteiger partial charge on any atom is -0.508 e. The summed E-state index contributed by atoms with van der Waals surface area (Å²) in [6.07, 6.45) is 1.72. The van der Waals surface area contributed by atoms with E-state index >= 15 is 8.78 Å². The number of aromatic hydroxyl groups is 1. The second kappa shape index (κ2) is 12.2. The van der Waals surface area contributed by atoms with E-state index in [-0.39, 0.29) is 46.2 Å². The Hall–Kier alpha value is -3.75. The largest absolute Gasteiger partial charge is 0.508 e. The Morgan fingerprint density at radius 1 is 0.878 bits per heavy atom. The molecule has 17 heteroatoms. The zero-order valence-corrected chi connectivity index (χ0v) is 27.2. The minimum absolute atomic E-state index is 0.0265. The summed E-state index contributed by atoms with van der Waals surface area (Å²) in [6, 6.07) is 3.47. The van der Waals surface area contributed by atoms with Crippen LogP contribution in [0.5, 0.6) is 5.75 Å². The highest BCUT2D eigenvalue weighted by atomic mass is 35.5. The Bertz CT molecular complexity index is 1870. The lowest BCUT2D eigenvalue weighted by atomic mass is 9.56. The SMILES string of the molecule is O=C(O)CCCCCN1C(=O)[C@H]2[C@H](CC=C3[C@H]2C[C@@]2(Cl)C(=O)N(c4c(F)c(F)c(F)c(F)c4F)C(=O)[C@@]2(Cl)[C@H]3c2ccc(O)cc2Cl)C1=O. The molecule has 0 bridgehead atoms. The van der Waals surface area contributed by atoms with Gasteiger partial charge in [0.05, 0.1) is 11.8 Å². The molecule has 2 saturated heterocycles. The number of anilines is 1. The number of phenols is 1. The maximum atomic E-state index is 15.1. The molecule has 2 aromatic rings. The summed E-state index contributed by atoms with van der Waals surface area (Å²) in [5, 5.41) is 18.7. The van der Waals surface area contributed by atoms with Gasteiger partial charge in [-0.1, -0.05) is 35.7 Å². The Balaban J connectivity index is 1.48. The fourth-order valence-corrected chi connectivity index (χ4v) is 8.88. The second-order valence-corrected chi connectivity index (χ2v) is 14.1. The van der Waals surface area contributed by atoms with Gasteiger partial charge >= 0.3 is 5.97 Å². The van der Waals surface area contributed by atoms with E-state index in [1.165, 1.54) is 12.1 Å². The van der Waals surface area contributed by atoms with Crippen molar-refractivity contribution in [1.82, 2.24) is 4.90 Å². The van der Waals surface area contributed by atoms with Crippen LogP contribution in [0.4, 0.5) is 27.6 Å². The van der Waals surface area contributed by atoms with Crippen LogP contribution in [0.2, 0.25) is 5.02 Å². The van der Waals surface area contributed by atoms with Crippen LogP contribution >= 0.6 is 34.8 Å². The van der Waals surface area contributed by atoms with E-state index in [9.17, 15) is 42.3 Å². The molecule has 260 valence electrons. The van der Waals surface area contributed by atoms with Crippen LogP contribution in [-0.4, -0.2) is 61.0 Å². The van der Waals surface area contributed by atoms with E-state index in [1.54, 1.807) is 0 Å². The van der Waals surface area contributed by atoms with Crippen LogP contribution in [0.1, 0.15) is 50.0 Å². The van der Waals surface area contributed by atoms with Gasteiger partial charge in [0.25, 0.3) is 11.8 Å². The number of carboxylic acids is 1. The molecule has 2 aliphatic carbocycles. The lowest BCUT2D eigenvalue weighted by Gasteiger charge is -2.50. The first kappa shape index (κ1) is 35.1. The Kier molecular flexibility index (Phi) is 8.76. The number of likely N-dealkylation sites (tertiary alicyclic amines) is 1. The molecule has 4 aliphatic rings. The summed E-state index contributed by atoms with van der Waals surface area (Å²) in [4.78, 5) is 62.0.